The molecular weight excluding hydrogens is 138 g/mol. The Hall–Kier alpha value is -0.0500. The molecule has 1 unspecified atom stereocenters. The Morgan fingerprint density at radius 1 is 1.89 bits per heavy atom. The molecule has 0 saturated carbocycles. The van der Waals surface area contributed by atoms with E-state index in [9.17, 15) is 0 Å². The van der Waals surface area contributed by atoms with E-state index < -0.39 is 6.10 Å². The monoisotopic (exact) mass is 149 g/mol. The Morgan fingerprint density at radius 2 is 2.44 bits per heavy atom. The minimum absolute atomic E-state index is 0.288. The van der Waals surface area contributed by atoms with Gasteiger partial charge in [-0.2, -0.15) is 0 Å². The Labute approximate surface area is 60.5 Å². The van der Waals surface area contributed by atoms with E-state index in [1.54, 1.807) is 0 Å². The van der Waals surface area contributed by atoms with E-state index in [2.05, 4.69) is 11.9 Å². The summed E-state index contributed by atoms with van der Waals surface area (Å²) in [5, 5.41) is 12.2. The molecule has 0 spiro atoms. The van der Waals surface area contributed by atoms with Crippen molar-refractivity contribution >= 4 is 11.6 Å². The highest BCUT2D eigenvalue weighted by atomic mass is 35.5. The first-order valence-corrected chi connectivity index (χ1v) is 3.29. The number of hydrogen-bond acceptors (Lipinski definition) is 2. The third-order valence-electron chi connectivity index (χ3n) is 0.949. The molecule has 0 saturated heterocycles. The van der Waals surface area contributed by atoms with Crippen molar-refractivity contribution in [3.8, 4) is 0 Å². The van der Waals surface area contributed by atoms with Crippen molar-refractivity contribution in [3.63, 3.8) is 0 Å². The van der Waals surface area contributed by atoms with Gasteiger partial charge in [-0.3, -0.25) is 0 Å². The first-order valence-electron chi connectivity index (χ1n) is 2.91. The number of aliphatic hydroxyl groups is 1. The van der Waals surface area contributed by atoms with Gasteiger partial charge in [-0.15, -0.1) is 0 Å². The van der Waals surface area contributed by atoms with Gasteiger partial charge in [-0.25, -0.2) is 0 Å². The maximum atomic E-state index is 8.96. The molecule has 0 fully saturated rings. The van der Waals surface area contributed by atoms with Crippen LogP contribution in [0.5, 0.6) is 0 Å². The van der Waals surface area contributed by atoms with Crippen LogP contribution in [0.25, 0.3) is 0 Å². The molecule has 0 aromatic rings. The van der Waals surface area contributed by atoms with Crippen molar-refractivity contribution in [1.29, 1.82) is 0 Å². The molecule has 0 radical (unpaired) electrons. The van der Waals surface area contributed by atoms with Gasteiger partial charge >= 0.3 is 0 Å². The van der Waals surface area contributed by atoms with Crippen LogP contribution in [0.15, 0.2) is 11.6 Å². The summed E-state index contributed by atoms with van der Waals surface area (Å²) in [5.41, 5.74) is 0. The normalized spacial score (nSPS) is 13.2. The lowest BCUT2D eigenvalue weighted by Crippen LogP contribution is -2.26. The molecule has 0 aromatic carbocycles. The summed E-state index contributed by atoms with van der Waals surface area (Å²) in [6.45, 7) is 6.66. The zero-order valence-corrected chi connectivity index (χ0v) is 6.28. The Bertz CT molecular complexity index is 95.1. The number of halogens is 1. The predicted molar refractivity (Wildman–Crippen MR) is 39.5 cm³/mol. The number of rotatable bonds is 4. The molecule has 0 aliphatic rings. The summed E-state index contributed by atoms with van der Waals surface area (Å²) in [6.07, 6.45) is -0.619. The first-order chi connectivity index (χ1) is 4.18. The molecule has 0 aliphatic heterocycles. The Kier molecular flexibility index (Phi) is 4.77. The zero-order valence-electron chi connectivity index (χ0n) is 5.52. The Balaban J connectivity index is 3.27. The SMILES string of the molecule is C=C(Cl)C(O)CNCC. The molecule has 0 heterocycles. The average Bonchev–Trinajstić information content (AvgIpc) is 1.82. The van der Waals surface area contributed by atoms with Crippen LogP contribution in [0.4, 0.5) is 0 Å². The van der Waals surface area contributed by atoms with Gasteiger partial charge in [0, 0.05) is 11.6 Å². The molecule has 54 valence electrons. The lowest BCUT2D eigenvalue weighted by Gasteiger charge is -2.07. The Morgan fingerprint density at radius 3 is 2.78 bits per heavy atom. The molecule has 2 N–H and O–H groups in total. The van der Waals surface area contributed by atoms with Gasteiger partial charge in [-0.1, -0.05) is 25.1 Å². The van der Waals surface area contributed by atoms with Gasteiger partial charge < -0.3 is 10.4 Å². The second-order valence-electron chi connectivity index (χ2n) is 1.77. The third-order valence-corrected chi connectivity index (χ3v) is 1.20. The van der Waals surface area contributed by atoms with Gasteiger partial charge in [0.15, 0.2) is 0 Å². The molecule has 0 aromatic heterocycles. The molecule has 2 nitrogen and oxygen atoms in total. The maximum Gasteiger partial charge on any atom is 0.101 e. The van der Waals surface area contributed by atoms with E-state index in [0.29, 0.717) is 6.54 Å². The van der Waals surface area contributed by atoms with E-state index in [1.165, 1.54) is 0 Å². The van der Waals surface area contributed by atoms with E-state index in [0.717, 1.165) is 6.54 Å². The van der Waals surface area contributed by atoms with Crippen LogP contribution in [0, 0.1) is 0 Å². The lowest BCUT2D eigenvalue weighted by atomic mass is 10.3. The zero-order chi connectivity index (χ0) is 7.28. The lowest BCUT2D eigenvalue weighted by molar-refractivity contribution is 0.216. The molecule has 0 rings (SSSR count). The van der Waals surface area contributed by atoms with Crippen molar-refractivity contribution in [2.45, 2.75) is 13.0 Å². The van der Waals surface area contributed by atoms with Gasteiger partial charge in [0.1, 0.15) is 6.10 Å². The van der Waals surface area contributed by atoms with E-state index >= 15 is 0 Å². The fourth-order valence-electron chi connectivity index (χ4n) is 0.392. The van der Waals surface area contributed by atoms with Crippen LogP contribution < -0.4 is 5.32 Å². The predicted octanol–water partition coefficient (Wildman–Crippen LogP) is 0.709. The van der Waals surface area contributed by atoms with Crippen LogP contribution in [0.3, 0.4) is 0 Å². The minimum atomic E-state index is -0.619. The number of nitrogens with one attached hydrogen (secondary N) is 1. The van der Waals surface area contributed by atoms with Crippen LogP contribution in [0.2, 0.25) is 0 Å². The smallest absolute Gasteiger partial charge is 0.101 e. The highest BCUT2D eigenvalue weighted by Gasteiger charge is 2.02. The molecule has 1 atom stereocenters. The van der Waals surface area contributed by atoms with Crippen LogP contribution >= 0.6 is 11.6 Å². The van der Waals surface area contributed by atoms with Crippen LogP contribution in [-0.2, 0) is 0 Å². The van der Waals surface area contributed by atoms with Gasteiger partial charge in [-0.05, 0) is 6.54 Å². The fourth-order valence-corrected chi connectivity index (χ4v) is 0.469. The summed E-state index contributed by atoms with van der Waals surface area (Å²) in [4.78, 5) is 0. The van der Waals surface area contributed by atoms with E-state index in [4.69, 9.17) is 16.7 Å². The van der Waals surface area contributed by atoms with Gasteiger partial charge in [0.25, 0.3) is 0 Å². The highest BCUT2D eigenvalue weighted by Crippen LogP contribution is 2.01. The molecule has 3 heteroatoms. The van der Waals surface area contributed by atoms with Gasteiger partial charge in [0.2, 0.25) is 0 Å². The second-order valence-corrected chi connectivity index (χ2v) is 2.26. The number of likely N-dealkylation sites (N-methyl/N-ethyl adjacent to an activating group) is 1. The topological polar surface area (TPSA) is 32.3 Å². The van der Waals surface area contributed by atoms with Crippen molar-refractivity contribution in [2.75, 3.05) is 13.1 Å². The van der Waals surface area contributed by atoms with Crippen molar-refractivity contribution < 1.29 is 5.11 Å². The standard InChI is InChI=1S/C6H12ClNO/c1-3-8-4-6(9)5(2)7/h6,8-9H,2-4H2,1H3. The molecule has 0 amide bonds. The highest BCUT2D eigenvalue weighted by molar-refractivity contribution is 6.29. The fraction of sp³-hybridized carbons (Fsp3) is 0.667. The summed E-state index contributed by atoms with van der Waals surface area (Å²) >= 11 is 5.38. The summed E-state index contributed by atoms with van der Waals surface area (Å²) in [6, 6.07) is 0. The number of hydrogen-bond donors (Lipinski definition) is 2. The number of aliphatic hydroxyl groups excluding tert-OH is 1. The van der Waals surface area contributed by atoms with E-state index in [1.807, 2.05) is 6.92 Å². The quantitative estimate of drug-likeness (QED) is 0.617. The van der Waals surface area contributed by atoms with Crippen molar-refractivity contribution in [3.05, 3.63) is 11.6 Å². The average molecular weight is 150 g/mol. The summed E-state index contributed by atoms with van der Waals surface area (Å²) in [5.74, 6) is 0. The summed E-state index contributed by atoms with van der Waals surface area (Å²) in [7, 11) is 0. The minimum Gasteiger partial charge on any atom is -0.386 e. The van der Waals surface area contributed by atoms with Crippen LogP contribution in [0.1, 0.15) is 6.92 Å². The molecule has 0 aliphatic carbocycles. The molecule has 0 bridgehead atoms. The summed E-state index contributed by atoms with van der Waals surface area (Å²) < 4.78 is 0. The maximum absolute atomic E-state index is 8.96. The first kappa shape index (κ1) is 8.95. The second kappa shape index (κ2) is 4.79. The largest absolute Gasteiger partial charge is 0.386 e. The van der Waals surface area contributed by atoms with Crippen molar-refractivity contribution in [2.24, 2.45) is 0 Å². The van der Waals surface area contributed by atoms with Gasteiger partial charge in [0.05, 0.1) is 0 Å². The van der Waals surface area contributed by atoms with Crippen molar-refractivity contribution in [1.82, 2.24) is 5.32 Å². The third kappa shape index (κ3) is 4.45. The molecular formula is C6H12ClNO. The van der Waals surface area contributed by atoms with Crippen LogP contribution in [-0.4, -0.2) is 24.3 Å². The van der Waals surface area contributed by atoms with E-state index in [-0.39, 0.29) is 5.03 Å². The molecule has 9 heavy (non-hydrogen) atoms.